The first-order valence-corrected chi connectivity index (χ1v) is 5.74. The Morgan fingerprint density at radius 2 is 2.05 bits per heavy atom. The molecule has 1 aromatic heterocycles. The summed E-state index contributed by atoms with van der Waals surface area (Å²) in [6.45, 7) is 1.81. The molecule has 20 heavy (non-hydrogen) atoms. The van der Waals surface area contributed by atoms with E-state index in [9.17, 15) is 10.1 Å². The zero-order chi connectivity index (χ0) is 14.7. The molecule has 0 unspecified atom stereocenters. The smallest absolute Gasteiger partial charge is 0.273 e. The molecule has 0 saturated heterocycles. The average molecular weight is 275 g/mol. The third-order valence-corrected chi connectivity index (χ3v) is 2.74. The van der Waals surface area contributed by atoms with E-state index in [0.29, 0.717) is 11.4 Å². The predicted molar refractivity (Wildman–Crippen MR) is 73.1 cm³/mol. The zero-order valence-electron chi connectivity index (χ0n) is 11.0. The van der Waals surface area contributed by atoms with Crippen molar-refractivity contribution in [3.63, 3.8) is 0 Å². The van der Waals surface area contributed by atoms with Crippen LogP contribution in [0.4, 0.5) is 11.4 Å². The Hall–Kier alpha value is -2.83. The molecule has 7 nitrogen and oxygen atoms in total. The summed E-state index contributed by atoms with van der Waals surface area (Å²) >= 11 is 0. The number of nitro groups is 1. The standard InChI is InChI=1S/C13H13N3O4/c1-8-5-6-15-13(12(8)14)20-11-7-9(16(17)18)3-4-10(11)19-2/h3-7H,14H2,1-2H3. The number of rotatable bonds is 4. The number of nitrogen functional groups attached to an aromatic ring is 1. The lowest BCUT2D eigenvalue weighted by molar-refractivity contribution is -0.384. The van der Waals surface area contributed by atoms with Crippen molar-refractivity contribution in [3.05, 3.63) is 46.1 Å². The number of aryl methyl sites for hydroxylation is 1. The number of pyridine rings is 1. The van der Waals surface area contributed by atoms with Crippen molar-refractivity contribution in [3.8, 4) is 17.4 Å². The lowest BCUT2D eigenvalue weighted by atomic mass is 10.2. The van der Waals surface area contributed by atoms with E-state index in [-0.39, 0.29) is 17.3 Å². The molecule has 2 rings (SSSR count). The Morgan fingerprint density at radius 1 is 1.30 bits per heavy atom. The van der Waals surface area contributed by atoms with Crippen LogP contribution in [0.3, 0.4) is 0 Å². The molecule has 0 aliphatic rings. The second-order valence-corrected chi connectivity index (χ2v) is 4.04. The molecule has 0 saturated carbocycles. The van der Waals surface area contributed by atoms with Crippen LogP contribution in [0.25, 0.3) is 0 Å². The van der Waals surface area contributed by atoms with E-state index in [1.165, 1.54) is 25.3 Å². The van der Waals surface area contributed by atoms with Crippen LogP contribution in [0.15, 0.2) is 30.5 Å². The molecule has 0 fully saturated rings. The summed E-state index contributed by atoms with van der Waals surface area (Å²) in [7, 11) is 1.45. The summed E-state index contributed by atoms with van der Waals surface area (Å²) in [5, 5.41) is 10.8. The number of benzene rings is 1. The molecule has 0 radical (unpaired) electrons. The van der Waals surface area contributed by atoms with E-state index >= 15 is 0 Å². The average Bonchev–Trinajstić information content (AvgIpc) is 2.43. The Kier molecular flexibility index (Phi) is 3.69. The van der Waals surface area contributed by atoms with E-state index in [2.05, 4.69) is 4.98 Å². The fraction of sp³-hybridized carbons (Fsp3) is 0.154. The topological polar surface area (TPSA) is 101 Å². The highest BCUT2D eigenvalue weighted by atomic mass is 16.6. The van der Waals surface area contributed by atoms with Crippen molar-refractivity contribution in [1.29, 1.82) is 0 Å². The minimum Gasteiger partial charge on any atom is -0.493 e. The van der Waals surface area contributed by atoms with E-state index < -0.39 is 4.92 Å². The van der Waals surface area contributed by atoms with Gasteiger partial charge in [0.1, 0.15) is 0 Å². The number of methoxy groups -OCH3 is 1. The van der Waals surface area contributed by atoms with Gasteiger partial charge < -0.3 is 15.2 Å². The zero-order valence-corrected chi connectivity index (χ0v) is 11.0. The number of anilines is 1. The van der Waals surface area contributed by atoms with Crippen LogP contribution < -0.4 is 15.2 Å². The molecule has 0 amide bonds. The lowest BCUT2D eigenvalue weighted by Gasteiger charge is -2.11. The molecule has 1 aromatic carbocycles. The minimum atomic E-state index is -0.515. The number of nitro benzene ring substituents is 1. The molecule has 2 N–H and O–H groups in total. The molecular formula is C13H13N3O4. The highest BCUT2D eigenvalue weighted by Gasteiger charge is 2.15. The number of ether oxygens (including phenoxy) is 2. The summed E-state index contributed by atoms with van der Waals surface area (Å²) in [5.74, 6) is 0.730. The van der Waals surface area contributed by atoms with Gasteiger partial charge in [0, 0.05) is 12.3 Å². The van der Waals surface area contributed by atoms with Crippen molar-refractivity contribution in [2.24, 2.45) is 0 Å². The molecule has 0 bridgehead atoms. The summed E-state index contributed by atoms with van der Waals surface area (Å²) < 4.78 is 10.6. The van der Waals surface area contributed by atoms with Gasteiger partial charge >= 0.3 is 0 Å². The molecule has 0 aliphatic heterocycles. The fourth-order valence-corrected chi connectivity index (χ4v) is 1.59. The van der Waals surface area contributed by atoms with Gasteiger partial charge in [-0.25, -0.2) is 4.98 Å². The minimum absolute atomic E-state index is 0.105. The van der Waals surface area contributed by atoms with Gasteiger partial charge in [0.2, 0.25) is 5.88 Å². The van der Waals surface area contributed by atoms with Crippen LogP contribution in [-0.2, 0) is 0 Å². The summed E-state index contributed by atoms with van der Waals surface area (Å²) in [4.78, 5) is 14.3. The molecule has 0 spiro atoms. The molecule has 1 heterocycles. The number of nitrogens with zero attached hydrogens (tertiary/aromatic N) is 2. The van der Waals surface area contributed by atoms with E-state index in [1.807, 2.05) is 6.92 Å². The molecule has 0 atom stereocenters. The van der Waals surface area contributed by atoms with Crippen LogP contribution >= 0.6 is 0 Å². The van der Waals surface area contributed by atoms with Gasteiger partial charge in [-0.1, -0.05) is 0 Å². The van der Waals surface area contributed by atoms with Gasteiger partial charge in [-0.3, -0.25) is 10.1 Å². The molecule has 0 aliphatic carbocycles. The predicted octanol–water partition coefficient (Wildman–Crippen LogP) is 2.68. The first-order chi connectivity index (χ1) is 9.52. The maximum atomic E-state index is 10.8. The van der Waals surface area contributed by atoms with Crippen molar-refractivity contribution < 1.29 is 14.4 Å². The summed E-state index contributed by atoms with van der Waals surface area (Å²) in [5.41, 5.74) is 6.93. The van der Waals surface area contributed by atoms with Gasteiger partial charge in [-0.15, -0.1) is 0 Å². The molecule has 2 aromatic rings. The number of aromatic nitrogens is 1. The molecule has 104 valence electrons. The van der Waals surface area contributed by atoms with Crippen molar-refractivity contribution >= 4 is 11.4 Å². The van der Waals surface area contributed by atoms with Crippen LogP contribution in [0.1, 0.15) is 5.56 Å². The second kappa shape index (κ2) is 5.43. The first kappa shape index (κ1) is 13.6. The van der Waals surface area contributed by atoms with Crippen molar-refractivity contribution in [2.75, 3.05) is 12.8 Å². The normalized spacial score (nSPS) is 10.1. The van der Waals surface area contributed by atoms with Crippen molar-refractivity contribution in [1.82, 2.24) is 4.98 Å². The maximum absolute atomic E-state index is 10.8. The third-order valence-electron chi connectivity index (χ3n) is 2.74. The highest BCUT2D eigenvalue weighted by molar-refractivity contribution is 5.57. The van der Waals surface area contributed by atoms with Crippen LogP contribution in [0.5, 0.6) is 17.4 Å². The third kappa shape index (κ3) is 2.61. The monoisotopic (exact) mass is 275 g/mol. The summed E-state index contributed by atoms with van der Waals surface area (Å²) in [6, 6.07) is 5.80. The Labute approximate surface area is 115 Å². The number of nitrogens with two attached hydrogens (primary N) is 1. The quantitative estimate of drug-likeness (QED) is 0.680. The number of non-ortho nitro benzene ring substituents is 1. The van der Waals surface area contributed by atoms with E-state index in [1.54, 1.807) is 12.3 Å². The molecular weight excluding hydrogens is 262 g/mol. The highest BCUT2D eigenvalue weighted by Crippen LogP contribution is 2.36. The lowest BCUT2D eigenvalue weighted by Crippen LogP contribution is -1.99. The van der Waals surface area contributed by atoms with Gasteiger partial charge in [-0.05, 0) is 24.6 Å². The van der Waals surface area contributed by atoms with Gasteiger partial charge in [0.05, 0.1) is 23.8 Å². The molecule has 7 heteroatoms. The Balaban J connectivity index is 2.43. The number of hydrogen-bond acceptors (Lipinski definition) is 6. The summed E-state index contributed by atoms with van der Waals surface area (Å²) in [6.07, 6.45) is 1.55. The van der Waals surface area contributed by atoms with E-state index in [0.717, 1.165) is 5.56 Å². The largest absolute Gasteiger partial charge is 0.493 e. The van der Waals surface area contributed by atoms with Crippen molar-refractivity contribution in [2.45, 2.75) is 6.92 Å². The Bertz CT molecular complexity index is 658. The van der Waals surface area contributed by atoms with Gasteiger partial charge in [-0.2, -0.15) is 0 Å². The first-order valence-electron chi connectivity index (χ1n) is 5.74. The fourth-order valence-electron chi connectivity index (χ4n) is 1.59. The SMILES string of the molecule is COc1ccc([N+](=O)[O-])cc1Oc1nccc(C)c1N. The van der Waals surface area contributed by atoms with E-state index in [4.69, 9.17) is 15.2 Å². The van der Waals surface area contributed by atoms with Gasteiger partial charge in [0.15, 0.2) is 11.5 Å². The van der Waals surface area contributed by atoms with Crippen LogP contribution in [0.2, 0.25) is 0 Å². The maximum Gasteiger partial charge on any atom is 0.273 e. The van der Waals surface area contributed by atoms with Gasteiger partial charge in [0.25, 0.3) is 5.69 Å². The van der Waals surface area contributed by atoms with Crippen LogP contribution in [0, 0.1) is 17.0 Å². The number of hydrogen-bond donors (Lipinski definition) is 1. The second-order valence-electron chi connectivity index (χ2n) is 4.04. The van der Waals surface area contributed by atoms with Crippen LogP contribution in [-0.4, -0.2) is 17.0 Å². The Morgan fingerprint density at radius 3 is 2.70 bits per heavy atom.